The van der Waals surface area contributed by atoms with Crippen LogP contribution in [0.1, 0.15) is 29.9 Å². The van der Waals surface area contributed by atoms with Gasteiger partial charge < -0.3 is 19.8 Å². The van der Waals surface area contributed by atoms with Gasteiger partial charge >= 0.3 is 0 Å². The third kappa shape index (κ3) is 3.36. The van der Waals surface area contributed by atoms with E-state index in [2.05, 4.69) is 46.4 Å². The minimum atomic E-state index is 0.664. The molecule has 2 aromatic carbocycles. The molecule has 0 amide bonds. The largest absolute Gasteiger partial charge is 0.493 e. The molecule has 2 aliphatic heterocycles. The molecule has 158 valence electrons. The van der Waals surface area contributed by atoms with Gasteiger partial charge in [0.05, 0.1) is 14.2 Å². The first kappa shape index (κ1) is 19.5. The lowest BCUT2D eigenvalue weighted by Gasteiger charge is -2.42. The van der Waals surface area contributed by atoms with E-state index in [9.17, 15) is 0 Å². The monoisotopic (exact) mass is 405 g/mol. The molecule has 1 aromatic heterocycles. The van der Waals surface area contributed by atoms with E-state index in [1.165, 1.54) is 48.0 Å². The van der Waals surface area contributed by atoms with Gasteiger partial charge in [0.1, 0.15) is 0 Å². The highest BCUT2D eigenvalue weighted by Crippen LogP contribution is 2.37. The standard InChI is InChI=1S/C25H31N3O2/c1-16-21-12-18(17-8-10-28(11-9-17)20-14-26-15-20)4-6-22(21)27-25(16)19-5-7-23(29-2)24(13-19)30-3/h4-7,12-13,17,20,26-27H,8-11,14-15H2,1-3H3. The number of aromatic nitrogens is 1. The third-order valence-electron chi connectivity index (χ3n) is 7.03. The van der Waals surface area contributed by atoms with E-state index in [1.807, 2.05) is 12.1 Å². The van der Waals surface area contributed by atoms with Crippen LogP contribution in [0.2, 0.25) is 0 Å². The number of aryl methyl sites for hydroxylation is 1. The van der Waals surface area contributed by atoms with Crippen LogP contribution in [-0.2, 0) is 0 Å². The lowest BCUT2D eigenvalue weighted by molar-refractivity contribution is 0.113. The molecule has 0 spiro atoms. The average Bonchev–Trinajstić information content (AvgIpc) is 3.08. The second-order valence-corrected chi connectivity index (χ2v) is 8.62. The van der Waals surface area contributed by atoms with E-state index in [-0.39, 0.29) is 0 Å². The molecule has 2 saturated heterocycles. The number of H-pyrrole nitrogens is 1. The van der Waals surface area contributed by atoms with Crippen molar-refractivity contribution in [3.05, 3.63) is 47.5 Å². The summed E-state index contributed by atoms with van der Waals surface area (Å²) in [6.07, 6.45) is 2.52. The zero-order valence-corrected chi connectivity index (χ0v) is 18.1. The van der Waals surface area contributed by atoms with Crippen molar-refractivity contribution >= 4 is 10.9 Å². The van der Waals surface area contributed by atoms with Gasteiger partial charge in [-0.15, -0.1) is 0 Å². The minimum absolute atomic E-state index is 0.664. The number of nitrogens with zero attached hydrogens (tertiary/aromatic N) is 1. The number of hydrogen-bond donors (Lipinski definition) is 2. The van der Waals surface area contributed by atoms with Crippen LogP contribution < -0.4 is 14.8 Å². The first-order valence-corrected chi connectivity index (χ1v) is 11.0. The summed E-state index contributed by atoms with van der Waals surface area (Å²) in [5.41, 5.74) is 6.23. The highest BCUT2D eigenvalue weighted by atomic mass is 16.5. The van der Waals surface area contributed by atoms with Gasteiger partial charge in [0.25, 0.3) is 0 Å². The van der Waals surface area contributed by atoms with Crippen molar-refractivity contribution < 1.29 is 9.47 Å². The number of methoxy groups -OCH3 is 2. The van der Waals surface area contributed by atoms with Gasteiger partial charge in [-0.3, -0.25) is 4.90 Å². The van der Waals surface area contributed by atoms with E-state index < -0.39 is 0 Å². The van der Waals surface area contributed by atoms with Crippen molar-refractivity contribution in [2.45, 2.75) is 31.7 Å². The van der Waals surface area contributed by atoms with Crippen LogP contribution in [0, 0.1) is 6.92 Å². The maximum absolute atomic E-state index is 5.50. The predicted octanol–water partition coefficient (Wildman–Crippen LogP) is 4.31. The Balaban J connectivity index is 1.41. The van der Waals surface area contributed by atoms with Crippen molar-refractivity contribution in [2.24, 2.45) is 0 Å². The van der Waals surface area contributed by atoms with Gasteiger partial charge in [-0.05, 0) is 80.2 Å². The molecule has 3 aromatic rings. The molecule has 0 radical (unpaired) electrons. The average molecular weight is 406 g/mol. The van der Waals surface area contributed by atoms with Crippen molar-refractivity contribution in [2.75, 3.05) is 40.4 Å². The van der Waals surface area contributed by atoms with E-state index in [1.54, 1.807) is 14.2 Å². The maximum Gasteiger partial charge on any atom is 0.161 e. The fourth-order valence-corrected chi connectivity index (χ4v) is 5.01. The van der Waals surface area contributed by atoms with Gasteiger partial charge in [0.15, 0.2) is 11.5 Å². The summed E-state index contributed by atoms with van der Waals surface area (Å²) in [4.78, 5) is 6.29. The van der Waals surface area contributed by atoms with Gasteiger partial charge in [-0.2, -0.15) is 0 Å². The normalized spacial score (nSPS) is 18.5. The molecule has 0 atom stereocenters. The highest BCUT2D eigenvalue weighted by Gasteiger charge is 2.29. The van der Waals surface area contributed by atoms with Gasteiger partial charge in [0, 0.05) is 41.3 Å². The number of rotatable bonds is 5. The first-order valence-electron chi connectivity index (χ1n) is 11.0. The van der Waals surface area contributed by atoms with Crippen molar-refractivity contribution in [1.29, 1.82) is 0 Å². The number of benzene rings is 2. The fraction of sp³-hybridized carbons (Fsp3) is 0.440. The van der Waals surface area contributed by atoms with Crippen LogP contribution >= 0.6 is 0 Å². The Labute approximate surface area is 178 Å². The zero-order chi connectivity index (χ0) is 20.7. The zero-order valence-electron chi connectivity index (χ0n) is 18.1. The maximum atomic E-state index is 5.50. The summed E-state index contributed by atoms with van der Waals surface area (Å²) in [6, 6.07) is 13.9. The molecule has 0 bridgehead atoms. The quantitative estimate of drug-likeness (QED) is 0.664. The number of hydrogen-bond acceptors (Lipinski definition) is 4. The van der Waals surface area contributed by atoms with E-state index in [4.69, 9.17) is 9.47 Å². The molecule has 3 heterocycles. The molecular weight excluding hydrogens is 374 g/mol. The Kier molecular flexibility index (Phi) is 5.17. The van der Waals surface area contributed by atoms with Crippen LogP contribution in [0.3, 0.4) is 0 Å². The summed E-state index contributed by atoms with van der Waals surface area (Å²) >= 11 is 0. The summed E-state index contributed by atoms with van der Waals surface area (Å²) in [5.74, 6) is 2.17. The van der Waals surface area contributed by atoms with Gasteiger partial charge in [0.2, 0.25) is 0 Å². The summed E-state index contributed by atoms with van der Waals surface area (Å²) in [5, 5.41) is 4.72. The minimum Gasteiger partial charge on any atom is -0.493 e. The van der Waals surface area contributed by atoms with Crippen LogP contribution in [0.25, 0.3) is 22.2 Å². The second-order valence-electron chi connectivity index (χ2n) is 8.62. The Bertz CT molecular complexity index is 1050. The second kappa shape index (κ2) is 7.97. The molecule has 2 N–H and O–H groups in total. The Morgan fingerprint density at radius 2 is 1.70 bits per heavy atom. The number of nitrogens with one attached hydrogen (secondary N) is 2. The van der Waals surface area contributed by atoms with Crippen molar-refractivity contribution in [3.63, 3.8) is 0 Å². The summed E-state index contributed by atoms with van der Waals surface area (Å²) in [7, 11) is 3.35. The first-order chi connectivity index (χ1) is 14.7. The smallest absolute Gasteiger partial charge is 0.161 e. The number of likely N-dealkylation sites (tertiary alicyclic amines) is 1. The van der Waals surface area contributed by atoms with E-state index in [0.29, 0.717) is 5.92 Å². The fourth-order valence-electron chi connectivity index (χ4n) is 5.01. The molecule has 0 saturated carbocycles. The van der Waals surface area contributed by atoms with Crippen molar-refractivity contribution in [3.8, 4) is 22.8 Å². The van der Waals surface area contributed by atoms with Crippen LogP contribution in [-0.4, -0.2) is 56.3 Å². The Morgan fingerprint density at radius 1 is 0.933 bits per heavy atom. The number of ether oxygens (including phenoxy) is 2. The van der Waals surface area contributed by atoms with E-state index >= 15 is 0 Å². The molecule has 5 rings (SSSR count). The molecule has 0 unspecified atom stereocenters. The van der Waals surface area contributed by atoms with Gasteiger partial charge in [-0.25, -0.2) is 0 Å². The van der Waals surface area contributed by atoms with E-state index in [0.717, 1.165) is 41.9 Å². The Morgan fingerprint density at radius 3 is 2.37 bits per heavy atom. The molecule has 30 heavy (non-hydrogen) atoms. The third-order valence-corrected chi connectivity index (χ3v) is 7.03. The summed E-state index contributed by atoms with van der Waals surface area (Å²) < 4.78 is 10.9. The topological polar surface area (TPSA) is 49.5 Å². The number of fused-ring (bicyclic) bond motifs is 1. The molecule has 2 aliphatic rings. The van der Waals surface area contributed by atoms with Gasteiger partial charge in [-0.1, -0.05) is 6.07 Å². The van der Waals surface area contributed by atoms with Crippen LogP contribution in [0.5, 0.6) is 11.5 Å². The number of aromatic amines is 1. The lowest BCUT2D eigenvalue weighted by atomic mass is 9.87. The highest BCUT2D eigenvalue weighted by molar-refractivity contribution is 5.91. The lowest BCUT2D eigenvalue weighted by Crippen LogP contribution is -2.58. The number of piperidine rings is 1. The van der Waals surface area contributed by atoms with Crippen molar-refractivity contribution in [1.82, 2.24) is 15.2 Å². The summed E-state index contributed by atoms with van der Waals surface area (Å²) in [6.45, 7) is 6.98. The molecule has 2 fully saturated rings. The van der Waals surface area contributed by atoms with Crippen LogP contribution in [0.4, 0.5) is 0 Å². The predicted molar refractivity (Wildman–Crippen MR) is 122 cm³/mol. The Hall–Kier alpha value is -2.50. The van der Waals surface area contributed by atoms with Crippen LogP contribution in [0.15, 0.2) is 36.4 Å². The molecule has 5 nitrogen and oxygen atoms in total. The SMILES string of the molecule is COc1ccc(-c2[nH]c3ccc(C4CCN(C5CNC5)CC4)cc3c2C)cc1OC. The molecule has 5 heteroatoms. The molecule has 0 aliphatic carbocycles. The molecular formula is C25H31N3O2.